The van der Waals surface area contributed by atoms with Crippen LogP contribution in [-0.2, 0) is 10.3 Å². The van der Waals surface area contributed by atoms with Gasteiger partial charge in [-0.15, -0.1) is 0 Å². The maximum absolute atomic E-state index is 11.1. The molecule has 4 nitrogen and oxygen atoms in total. The molecular formula is C12H16N2O2. The van der Waals surface area contributed by atoms with E-state index in [0.717, 1.165) is 29.8 Å². The molecule has 1 aromatic rings. The highest BCUT2D eigenvalue weighted by Gasteiger charge is 2.42. The summed E-state index contributed by atoms with van der Waals surface area (Å²) >= 11 is 0. The predicted octanol–water partition coefficient (Wildman–Crippen LogP) is 1.60. The van der Waals surface area contributed by atoms with Gasteiger partial charge in [0.25, 0.3) is 0 Å². The monoisotopic (exact) mass is 220 g/mol. The minimum absolute atomic E-state index is 0.0873. The fraction of sp³-hybridized carbons (Fsp3) is 0.417. The van der Waals surface area contributed by atoms with Gasteiger partial charge < -0.3 is 15.8 Å². The Bertz CT molecular complexity index is 425. The van der Waals surface area contributed by atoms with Gasteiger partial charge in [0.05, 0.1) is 7.11 Å². The summed E-state index contributed by atoms with van der Waals surface area (Å²) in [6, 6.07) is 5.56. The van der Waals surface area contributed by atoms with Crippen molar-refractivity contribution in [1.29, 1.82) is 0 Å². The largest absolute Gasteiger partial charge is 0.497 e. The number of methoxy groups -OCH3 is 1. The van der Waals surface area contributed by atoms with Crippen molar-refractivity contribution in [3.05, 3.63) is 23.8 Å². The molecule has 4 heteroatoms. The normalized spacial score (nSPS) is 16.7. The van der Waals surface area contributed by atoms with E-state index in [2.05, 4.69) is 5.32 Å². The lowest BCUT2D eigenvalue weighted by atomic mass is 10.0. The van der Waals surface area contributed by atoms with Crippen LogP contribution in [-0.4, -0.2) is 13.0 Å². The molecule has 0 bridgehead atoms. The van der Waals surface area contributed by atoms with Crippen LogP contribution < -0.4 is 15.8 Å². The number of anilines is 1. The van der Waals surface area contributed by atoms with Crippen molar-refractivity contribution < 1.29 is 9.53 Å². The van der Waals surface area contributed by atoms with Crippen LogP contribution >= 0.6 is 0 Å². The molecule has 0 aromatic heterocycles. The second kappa shape index (κ2) is 3.79. The Morgan fingerprint density at radius 1 is 1.50 bits per heavy atom. The van der Waals surface area contributed by atoms with Gasteiger partial charge in [0.2, 0.25) is 5.91 Å². The fourth-order valence-electron chi connectivity index (χ4n) is 1.76. The van der Waals surface area contributed by atoms with Crippen LogP contribution in [0.25, 0.3) is 0 Å². The summed E-state index contributed by atoms with van der Waals surface area (Å²) in [5.41, 5.74) is 7.62. The molecule has 1 fully saturated rings. The Labute approximate surface area is 94.8 Å². The molecule has 2 rings (SSSR count). The molecule has 0 aliphatic heterocycles. The van der Waals surface area contributed by atoms with Crippen molar-refractivity contribution in [3.63, 3.8) is 0 Å². The molecule has 0 radical (unpaired) electrons. The zero-order chi connectivity index (χ0) is 11.8. The van der Waals surface area contributed by atoms with Gasteiger partial charge in [-0.05, 0) is 36.6 Å². The Morgan fingerprint density at radius 2 is 2.19 bits per heavy atom. The van der Waals surface area contributed by atoms with Crippen molar-refractivity contribution in [2.75, 3.05) is 12.4 Å². The number of benzene rings is 1. The number of carbonyl (C=O) groups is 1. The maximum atomic E-state index is 11.1. The summed E-state index contributed by atoms with van der Waals surface area (Å²) in [7, 11) is 1.62. The summed E-state index contributed by atoms with van der Waals surface area (Å²) in [6.45, 7) is 1.49. The molecule has 1 aromatic carbocycles. The van der Waals surface area contributed by atoms with E-state index in [1.54, 1.807) is 7.11 Å². The van der Waals surface area contributed by atoms with Gasteiger partial charge in [0, 0.05) is 18.2 Å². The first kappa shape index (κ1) is 11.0. The number of hydrogen-bond donors (Lipinski definition) is 2. The topological polar surface area (TPSA) is 64.3 Å². The van der Waals surface area contributed by atoms with Gasteiger partial charge in [-0.25, -0.2) is 0 Å². The fourth-order valence-corrected chi connectivity index (χ4v) is 1.76. The number of ether oxygens (including phenoxy) is 1. The van der Waals surface area contributed by atoms with Crippen LogP contribution in [0.1, 0.15) is 25.3 Å². The van der Waals surface area contributed by atoms with Crippen LogP contribution in [0.5, 0.6) is 5.75 Å². The van der Waals surface area contributed by atoms with Gasteiger partial charge in [-0.2, -0.15) is 0 Å². The Morgan fingerprint density at radius 3 is 2.69 bits per heavy atom. The summed E-state index contributed by atoms with van der Waals surface area (Å²) in [5.74, 6) is 0.677. The van der Waals surface area contributed by atoms with Crippen molar-refractivity contribution in [1.82, 2.24) is 0 Å². The second-order valence-corrected chi connectivity index (χ2v) is 4.25. The molecule has 1 saturated carbocycles. The average Bonchev–Trinajstić information content (AvgIpc) is 2.97. The van der Waals surface area contributed by atoms with Crippen LogP contribution in [0.2, 0.25) is 0 Å². The minimum atomic E-state index is -0.285. The van der Waals surface area contributed by atoms with E-state index in [4.69, 9.17) is 10.5 Å². The lowest BCUT2D eigenvalue weighted by Crippen LogP contribution is -2.21. The van der Waals surface area contributed by atoms with Crippen LogP contribution in [0.15, 0.2) is 18.2 Å². The van der Waals surface area contributed by atoms with E-state index in [0.29, 0.717) is 0 Å². The summed E-state index contributed by atoms with van der Waals surface area (Å²) in [5, 5.41) is 2.80. The van der Waals surface area contributed by atoms with Gasteiger partial charge in [-0.1, -0.05) is 0 Å². The van der Waals surface area contributed by atoms with Crippen molar-refractivity contribution in [3.8, 4) is 5.75 Å². The average molecular weight is 220 g/mol. The van der Waals surface area contributed by atoms with Crippen molar-refractivity contribution >= 4 is 11.6 Å². The molecule has 1 aliphatic carbocycles. The first-order valence-corrected chi connectivity index (χ1v) is 5.30. The second-order valence-electron chi connectivity index (χ2n) is 4.25. The van der Waals surface area contributed by atoms with Gasteiger partial charge in [0.15, 0.2) is 0 Å². The number of rotatable bonds is 3. The molecule has 16 heavy (non-hydrogen) atoms. The van der Waals surface area contributed by atoms with E-state index < -0.39 is 0 Å². The number of hydrogen-bond acceptors (Lipinski definition) is 3. The van der Waals surface area contributed by atoms with E-state index in [1.165, 1.54) is 6.92 Å². The molecule has 0 heterocycles. The molecular weight excluding hydrogens is 204 g/mol. The predicted molar refractivity (Wildman–Crippen MR) is 62.4 cm³/mol. The molecule has 1 aliphatic rings. The Hall–Kier alpha value is -1.55. The highest BCUT2D eigenvalue weighted by molar-refractivity contribution is 5.90. The molecule has 0 saturated heterocycles. The van der Waals surface area contributed by atoms with Crippen molar-refractivity contribution in [2.24, 2.45) is 5.73 Å². The number of carbonyl (C=O) groups excluding carboxylic acids is 1. The zero-order valence-corrected chi connectivity index (χ0v) is 9.54. The highest BCUT2D eigenvalue weighted by Crippen LogP contribution is 2.46. The first-order valence-electron chi connectivity index (χ1n) is 5.30. The van der Waals surface area contributed by atoms with Gasteiger partial charge in [0.1, 0.15) is 5.75 Å². The molecule has 3 N–H and O–H groups in total. The number of nitrogens with one attached hydrogen (secondary N) is 1. The third-order valence-corrected chi connectivity index (χ3v) is 2.86. The molecule has 0 unspecified atom stereocenters. The van der Waals surface area contributed by atoms with Crippen LogP contribution in [0.4, 0.5) is 5.69 Å². The zero-order valence-electron chi connectivity index (χ0n) is 9.54. The molecule has 0 atom stereocenters. The minimum Gasteiger partial charge on any atom is -0.497 e. The number of nitrogens with two attached hydrogens (primary N) is 1. The smallest absolute Gasteiger partial charge is 0.221 e. The standard InChI is InChI=1S/C12H16N2O2/c1-8(15)14-11-4-3-9(16-2)7-10(11)12(13)5-6-12/h3-4,7H,5-6,13H2,1-2H3,(H,14,15). The maximum Gasteiger partial charge on any atom is 0.221 e. The van der Waals surface area contributed by atoms with E-state index in [1.807, 2.05) is 18.2 Å². The van der Waals surface area contributed by atoms with Crippen LogP contribution in [0, 0.1) is 0 Å². The highest BCUT2D eigenvalue weighted by atomic mass is 16.5. The quantitative estimate of drug-likeness (QED) is 0.813. The molecule has 1 amide bonds. The summed E-state index contributed by atoms with van der Waals surface area (Å²) < 4.78 is 5.17. The summed E-state index contributed by atoms with van der Waals surface area (Å²) in [6.07, 6.45) is 1.90. The molecule has 0 spiro atoms. The van der Waals surface area contributed by atoms with Gasteiger partial charge in [-0.3, -0.25) is 4.79 Å². The SMILES string of the molecule is COc1ccc(NC(C)=O)c(C2(N)CC2)c1. The lowest BCUT2D eigenvalue weighted by molar-refractivity contribution is -0.114. The third kappa shape index (κ3) is 2.02. The first-order chi connectivity index (χ1) is 7.55. The van der Waals surface area contributed by atoms with Crippen molar-refractivity contribution in [2.45, 2.75) is 25.3 Å². The van der Waals surface area contributed by atoms with E-state index >= 15 is 0 Å². The van der Waals surface area contributed by atoms with Gasteiger partial charge >= 0.3 is 0 Å². The van der Waals surface area contributed by atoms with Crippen LogP contribution in [0.3, 0.4) is 0 Å². The Kier molecular flexibility index (Phi) is 2.59. The lowest BCUT2D eigenvalue weighted by Gasteiger charge is -2.16. The summed E-state index contributed by atoms with van der Waals surface area (Å²) in [4.78, 5) is 11.1. The van der Waals surface area contributed by atoms with E-state index in [-0.39, 0.29) is 11.4 Å². The molecule has 86 valence electrons. The Balaban J connectivity index is 2.39. The number of amides is 1. The van der Waals surface area contributed by atoms with E-state index in [9.17, 15) is 4.79 Å². The third-order valence-electron chi connectivity index (χ3n) is 2.86.